The van der Waals surface area contributed by atoms with Crippen molar-refractivity contribution in [2.75, 3.05) is 14.2 Å². The summed E-state index contributed by atoms with van der Waals surface area (Å²) in [5.74, 6) is -0.152. The van der Waals surface area contributed by atoms with Crippen LogP contribution < -0.4 is 5.32 Å². The number of esters is 1. The number of methoxy groups -OCH3 is 1. The van der Waals surface area contributed by atoms with Crippen LogP contribution in [0.1, 0.15) is 25.7 Å². The van der Waals surface area contributed by atoms with E-state index < -0.39 is 5.54 Å². The van der Waals surface area contributed by atoms with Crippen molar-refractivity contribution in [1.29, 1.82) is 0 Å². The molecule has 1 aromatic rings. The molecular weight excluding hydrogens is 260 g/mol. The molecule has 0 saturated heterocycles. The van der Waals surface area contributed by atoms with Gasteiger partial charge in [0.05, 0.1) is 12.1 Å². The fourth-order valence-electron chi connectivity index (χ4n) is 2.62. The van der Waals surface area contributed by atoms with Crippen LogP contribution in [0.5, 0.6) is 0 Å². The van der Waals surface area contributed by atoms with Crippen molar-refractivity contribution < 1.29 is 9.53 Å². The van der Waals surface area contributed by atoms with Gasteiger partial charge in [0.25, 0.3) is 0 Å². The van der Waals surface area contributed by atoms with Crippen LogP contribution in [0.3, 0.4) is 0 Å². The molecule has 1 saturated carbocycles. The van der Waals surface area contributed by atoms with Gasteiger partial charge >= 0.3 is 5.97 Å². The van der Waals surface area contributed by atoms with E-state index in [4.69, 9.17) is 4.74 Å². The van der Waals surface area contributed by atoms with E-state index in [1.165, 1.54) is 7.11 Å². The van der Waals surface area contributed by atoms with Gasteiger partial charge in [-0.05, 0) is 44.9 Å². The van der Waals surface area contributed by atoms with Crippen molar-refractivity contribution in [3.63, 3.8) is 0 Å². The van der Waals surface area contributed by atoms with Gasteiger partial charge in [-0.3, -0.25) is 4.79 Å². The van der Waals surface area contributed by atoms with Gasteiger partial charge in [-0.25, -0.2) is 4.98 Å². The molecule has 0 radical (unpaired) electrons. The number of aromatic nitrogens is 1. The van der Waals surface area contributed by atoms with Crippen LogP contribution in [0, 0.1) is 0 Å². The number of carbonyl (C=O) groups excluding carboxylic acids is 1. The second-order valence-electron chi connectivity index (χ2n) is 4.83. The second-order valence-corrected chi connectivity index (χ2v) is 6.15. The first kappa shape index (κ1) is 14.3. The van der Waals surface area contributed by atoms with E-state index >= 15 is 0 Å². The number of thioether (sulfide) groups is 1. The Labute approximate surface area is 118 Å². The maximum Gasteiger partial charge on any atom is 0.326 e. The van der Waals surface area contributed by atoms with Crippen molar-refractivity contribution in [2.24, 2.45) is 0 Å². The number of ether oxygens (including phenoxy) is 1. The summed E-state index contributed by atoms with van der Waals surface area (Å²) in [6.07, 6.45) is 5.58. The summed E-state index contributed by atoms with van der Waals surface area (Å²) in [6, 6.07) is 5.92. The highest BCUT2D eigenvalue weighted by atomic mass is 32.2. The van der Waals surface area contributed by atoms with Gasteiger partial charge in [0, 0.05) is 11.4 Å². The van der Waals surface area contributed by atoms with Crippen molar-refractivity contribution in [1.82, 2.24) is 10.3 Å². The van der Waals surface area contributed by atoms with Crippen molar-refractivity contribution in [3.05, 3.63) is 24.4 Å². The smallest absolute Gasteiger partial charge is 0.326 e. The number of nitrogens with one attached hydrogen (secondary N) is 1. The van der Waals surface area contributed by atoms with E-state index in [-0.39, 0.29) is 5.97 Å². The highest BCUT2D eigenvalue weighted by molar-refractivity contribution is 7.99. The van der Waals surface area contributed by atoms with Gasteiger partial charge in [0.1, 0.15) is 5.54 Å². The van der Waals surface area contributed by atoms with E-state index in [0.717, 1.165) is 30.7 Å². The zero-order valence-corrected chi connectivity index (χ0v) is 12.2. The standard InChI is InChI=1S/C14H20N2O2S/c1-15-14(13(17)18-2)8-5-6-11(10-14)19-12-7-3-4-9-16-12/h3-4,7,9,11,15H,5-6,8,10H2,1-2H3. The highest BCUT2D eigenvalue weighted by Crippen LogP contribution is 2.38. The molecule has 104 valence electrons. The largest absolute Gasteiger partial charge is 0.468 e. The van der Waals surface area contributed by atoms with E-state index in [0.29, 0.717) is 5.25 Å². The molecule has 2 atom stereocenters. The van der Waals surface area contributed by atoms with Crippen LogP contribution in [0.2, 0.25) is 0 Å². The second kappa shape index (κ2) is 6.39. The quantitative estimate of drug-likeness (QED) is 0.857. The lowest BCUT2D eigenvalue weighted by atomic mass is 9.81. The fourth-order valence-corrected chi connectivity index (χ4v) is 3.90. The first-order valence-electron chi connectivity index (χ1n) is 6.55. The summed E-state index contributed by atoms with van der Waals surface area (Å²) in [7, 11) is 3.29. The maximum absolute atomic E-state index is 12.0. The Morgan fingerprint density at radius 3 is 3.05 bits per heavy atom. The molecule has 1 aromatic heterocycles. The monoisotopic (exact) mass is 280 g/mol. The zero-order chi connectivity index (χ0) is 13.7. The molecule has 1 aliphatic rings. The summed E-state index contributed by atoms with van der Waals surface area (Å²) in [4.78, 5) is 16.3. The molecule has 4 nitrogen and oxygen atoms in total. The zero-order valence-electron chi connectivity index (χ0n) is 11.4. The average molecular weight is 280 g/mol. The van der Waals surface area contributed by atoms with Crippen LogP contribution in [0.25, 0.3) is 0 Å². The van der Waals surface area contributed by atoms with Gasteiger partial charge in [0.2, 0.25) is 0 Å². The summed E-state index contributed by atoms with van der Waals surface area (Å²) in [6.45, 7) is 0. The summed E-state index contributed by atoms with van der Waals surface area (Å²) < 4.78 is 4.96. The number of nitrogens with zero attached hydrogens (tertiary/aromatic N) is 1. The molecule has 1 N–H and O–H groups in total. The molecule has 0 amide bonds. The molecule has 2 rings (SSSR count). The van der Waals surface area contributed by atoms with Gasteiger partial charge in [-0.1, -0.05) is 6.07 Å². The number of likely N-dealkylation sites (N-methyl/N-ethyl adjacent to an activating group) is 1. The Hall–Kier alpha value is -1.07. The topological polar surface area (TPSA) is 51.2 Å². The van der Waals surface area contributed by atoms with Crippen LogP contribution in [-0.4, -0.2) is 35.9 Å². The fraction of sp³-hybridized carbons (Fsp3) is 0.571. The van der Waals surface area contributed by atoms with Gasteiger partial charge in [-0.15, -0.1) is 11.8 Å². The van der Waals surface area contributed by atoms with Gasteiger partial charge < -0.3 is 10.1 Å². The minimum absolute atomic E-state index is 0.152. The lowest BCUT2D eigenvalue weighted by Gasteiger charge is -2.37. The van der Waals surface area contributed by atoms with Crippen molar-refractivity contribution >= 4 is 17.7 Å². The highest BCUT2D eigenvalue weighted by Gasteiger charge is 2.42. The van der Waals surface area contributed by atoms with Crippen LogP contribution >= 0.6 is 11.8 Å². The average Bonchev–Trinajstić information content (AvgIpc) is 2.47. The van der Waals surface area contributed by atoms with Crippen LogP contribution in [0.15, 0.2) is 29.4 Å². The predicted molar refractivity (Wildman–Crippen MR) is 76.2 cm³/mol. The number of hydrogen-bond acceptors (Lipinski definition) is 5. The molecule has 1 aliphatic carbocycles. The number of hydrogen-bond donors (Lipinski definition) is 1. The lowest BCUT2D eigenvalue weighted by Crippen LogP contribution is -2.54. The van der Waals surface area contributed by atoms with E-state index in [9.17, 15) is 4.79 Å². The minimum Gasteiger partial charge on any atom is -0.468 e. The maximum atomic E-state index is 12.0. The molecule has 0 spiro atoms. The van der Waals surface area contributed by atoms with Gasteiger partial charge in [0.15, 0.2) is 0 Å². The summed E-state index contributed by atoms with van der Waals surface area (Å²) >= 11 is 1.75. The normalized spacial score (nSPS) is 26.9. The predicted octanol–water partition coefficient (Wildman–Crippen LogP) is 2.25. The van der Waals surface area contributed by atoms with E-state index in [2.05, 4.69) is 10.3 Å². The molecule has 19 heavy (non-hydrogen) atoms. The molecule has 2 unspecified atom stereocenters. The third kappa shape index (κ3) is 3.28. The third-order valence-electron chi connectivity index (χ3n) is 3.69. The Morgan fingerprint density at radius 1 is 1.58 bits per heavy atom. The minimum atomic E-state index is -0.528. The molecular formula is C14H20N2O2S. The SMILES string of the molecule is CNC1(C(=O)OC)CCCC(Sc2ccccn2)C1. The Kier molecular flexibility index (Phi) is 4.82. The summed E-state index contributed by atoms with van der Waals surface area (Å²) in [5.41, 5.74) is -0.528. The molecule has 5 heteroatoms. The van der Waals surface area contributed by atoms with Crippen LogP contribution in [0.4, 0.5) is 0 Å². The number of rotatable bonds is 4. The molecule has 0 bridgehead atoms. The van der Waals surface area contributed by atoms with Crippen LogP contribution in [-0.2, 0) is 9.53 Å². The molecule has 0 aromatic carbocycles. The number of pyridine rings is 1. The summed E-state index contributed by atoms with van der Waals surface area (Å²) in [5, 5.41) is 4.59. The van der Waals surface area contributed by atoms with Crippen molar-refractivity contribution in [3.8, 4) is 0 Å². The molecule has 1 heterocycles. The van der Waals surface area contributed by atoms with E-state index in [1.54, 1.807) is 18.0 Å². The molecule has 1 fully saturated rings. The van der Waals surface area contributed by atoms with Crippen molar-refractivity contribution in [2.45, 2.75) is 41.5 Å². The third-order valence-corrected chi connectivity index (χ3v) is 4.90. The van der Waals surface area contributed by atoms with Gasteiger partial charge in [-0.2, -0.15) is 0 Å². The Morgan fingerprint density at radius 2 is 2.42 bits per heavy atom. The first-order valence-corrected chi connectivity index (χ1v) is 7.43. The number of carbonyl (C=O) groups is 1. The Bertz CT molecular complexity index is 427. The Balaban J connectivity index is 2.06. The van der Waals surface area contributed by atoms with E-state index in [1.807, 2.05) is 25.2 Å². The lowest BCUT2D eigenvalue weighted by molar-refractivity contribution is -0.149. The molecule has 0 aliphatic heterocycles. The first-order chi connectivity index (χ1) is 9.20.